The first kappa shape index (κ1) is 10.9. The van der Waals surface area contributed by atoms with Crippen LogP contribution >= 0.6 is 11.8 Å². The lowest BCUT2D eigenvalue weighted by molar-refractivity contribution is 0.385. The van der Waals surface area contributed by atoms with Crippen LogP contribution in [0, 0.1) is 22.7 Å². The Bertz CT molecular complexity index is 192. The highest BCUT2D eigenvalue weighted by atomic mass is 32.2. The molecule has 74 valence electrons. The largest absolute Gasteiger partial charge is 0.316 e. The molecule has 0 saturated carbocycles. The minimum atomic E-state index is -0.134. The summed E-state index contributed by atoms with van der Waals surface area (Å²) < 4.78 is 0. The molecule has 0 aliphatic carbocycles. The van der Waals surface area contributed by atoms with Gasteiger partial charge in [-0.05, 0) is 50.8 Å². The number of nitriles is 1. The van der Waals surface area contributed by atoms with Crippen LogP contribution in [-0.4, -0.2) is 24.6 Å². The summed E-state index contributed by atoms with van der Waals surface area (Å²) in [4.78, 5) is 0. The van der Waals surface area contributed by atoms with Crippen molar-refractivity contribution in [3.8, 4) is 6.07 Å². The molecule has 1 N–H and O–H groups in total. The van der Waals surface area contributed by atoms with Crippen LogP contribution in [0.3, 0.4) is 0 Å². The Hall–Kier alpha value is -0.200. The van der Waals surface area contributed by atoms with Crippen molar-refractivity contribution < 1.29 is 0 Å². The lowest BCUT2D eigenvalue weighted by Crippen LogP contribution is -2.43. The summed E-state index contributed by atoms with van der Waals surface area (Å²) in [6.07, 6.45) is 1.01. The molecule has 1 aliphatic heterocycles. The number of hydrogen-bond acceptors (Lipinski definition) is 3. The molecule has 0 unspecified atom stereocenters. The van der Waals surface area contributed by atoms with E-state index < -0.39 is 0 Å². The van der Waals surface area contributed by atoms with Gasteiger partial charge in [0.25, 0.3) is 0 Å². The zero-order valence-electron chi connectivity index (χ0n) is 8.47. The standard InChI is InChI=1S/C10H18N2S/c1-10(2,8-11)3-4-13-7-9-5-12-6-9/h9,12H,3-7H2,1-2H3. The first-order valence-corrected chi connectivity index (χ1v) is 5.99. The zero-order valence-corrected chi connectivity index (χ0v) is 9.28. The van der Waals surface area contributed by atoms with Gasteiger partial charge in [-0.2, -0.15) is 17.0 Å². The number of hydrogen-bond donors (Lipinski definition) is 1. The molecule has 0 aromatic rings. The van der Waals surface area contributed by atoms with E-state index in [1.54, 1.807) is 0 Å². The van der Waals surface area contributed by atoms with Gasteiger partial charge in [0.2, 0.25) is 0 Å². The molecule has 0 aromatic carbocycles. The quantitative estimate of drug-likeness (QED) is 0.685. The SMILES string of the molecule is CC(C)(C#N)CCSCC1CNC1. The molecular weight excluding hydrogens is 180 g/mol. The van der Waals surface area contributed by atoms with Crippen LogP contribution in [0.2, 0.25) is 0 Å². The van der Waals surface area contributed by atoms with Crippen LogP contribution < -0.4 is 5.32 Å². The van der Waals surface area contributed by atoms with Crippen LogP contribution in [-0.2, 0) is 0 Å². The Morgan fingerprint density at radius 1 is 1.54 bits per heavy atom. The molecule has 3 heteroatoms. The van der Waals surface area contributed by atoms with Crippen LogP contribution in [0.4, 0.5) is 0 Å². The molecule has 1 aliphatic rings. The van der Waals surface area contributed by atoms with E-state index >= 15 is 0 Å². The smallest absolute Gasteiger partial charge is 0.0684 e. The van der Waals surface area contributed by atoms with E-state index in [2.05, 4.69) is 11.4 Å². The minimum Gasteiger partial charge on any atom is -0.316 e. The minimum absolute atomic E-state index is 0.134. The number of nitrogens with one attached hydrogen (secondary N) is 1. The molecule has 0 amide bonds. The summed E-state index contributed by atoms with van der Waals surface area (Å²) in [5, 5.41) is 12.1. The van der Waals surface area contributed by atoms with Crippen molar-refractivity contribution in [2.24, 2.45) is 11.3 Å². The summed E-state index contributed by atoms with van der Waals surface area (Å²) in [6.45, 7) is 6.40. The van der Waals surface area contributed by atoms with Gasteiger partial charge < -0.3 is 5.32 Å². The second kappa shape index (κ2) is 4.88. The van der Waals surface area contributed by atoms with Crippen molar-refractivity contribution in [3.63, 3.8) is 0 Å². The van der Waals surface area contributed by atoms with Crippen molar-refractivity contribution in [2.75, 3.05) is 24.6 Å². The molecule has 1 fully saturated rings. The molecule has 0 bridgehead atoms. The van der Waals surface area contributed by atoms with Crippen molar-refractivity contribution in [1.29, 1.82) is 5.26 Å². The molecule has 0 atom stereocenters. The van der Waals surface area contributed by atoms with E-state index in [0.29, 0.717) is 0 Å². The van der Waals surface area contributed by atoms with Crippen LogP contribution in [0.15, 0.2) is 0 Å². The maximum absolute atomic E-state index is 8.79. The van der Waals surface area contributed by atoms with Gasteiger partial charge in [-0.3, -0.25) is 0 Å². The maximum atomic E-state index is 8.79. The summed E-state index contributed by atoms with van der Waals surface area (Å²) in [7, 11) is 0. The Morgan fingerprint density at radius 3 is 2.69 bits per heavy atom. The van der Waals surface area contributed by atoms with Gasteiger partial charge >= 0.3 is 0 Å². The van der Waals surface area contributed by atoms with E-state index in [9.17, 15) is 0 Å². The van der Waals surface area contributed by atoms with Crippen molar-refractivity contribution in [1.82, 2.24) is 5.32 Å². The Morgan fingerprint density at radius 2 is 2.23 bits per heavy atom. The fourth-order valence-corrected chi connectivity index (χ4v) is 2.49. The summed E-state index contributed by atoms with van der Waals surface area (Å²) in [6, 6.07) is 2.33. The van der Waals surface area contributed by atoms with E-state index in [1.807, 2.05) is 25.6 Å². The van der Waals surface area contributed by atoms with E-state index in [1.165, 1.54) is 18.8 Å². The Labute approximate surface area is 85.1 Å². The van der Waals surface area contributed by atoms with Gasteiger partial charge in [-0.1, -0.05) is 0 Å². The van der Waals surface area contributed by atoms with E-state index in [4.69, 9.17) is 5.26 Å². The third-order valence-corrected chi connectivity index (χ3v) is 3.59. The Balaban J connectivity index is 1.97. The average molecular weight is 198 g/mol. The average Bonchev–Trinajstić information content (AvgIpc) is 2.01. The maximum Gasteiger partial charge on any atom is 0.0684 e. The van der Waals surface area contributed by atoms with Crippen molar-refractivity contribution in [2.45, 2.75) is 20.3 Å². The molecule has 0 spiro atoms. The summed E-state index contributed by atoms with van der Waals surface area (Å²) >= 11 is 1.99. The van der Waals surface area contributed by atoms with Gasteiger partial charge in [-0.15, -0.1) is 0 Å². The van der Waals surface area contributed by atoms with Crippen LogP contribution in [0.25, 0.3) is 0 Å². The zero-order chi connectivity index (χ0) is 9.73. The lowest BCUT2D eigenvalue weighted by atomic mass is 9.93. The fourth-order valence-electron chi connectivity index (χ4n) is 1.10. The van der Waals surface area contributed by atoms with Gasteiger partial charge in [0.15, 0.2) is 0 Å². The molecule has 0 radical (unpaired) electrons. The molecule has 1 saturated heterocycles. The van der Waals surface area contributed by atoms with E-state index in [-0.39, 0.29) is 5.41 Å². The predicted octanol–water partition coefficient (Wildman–Crippen LogP) is 1.88. The Kier molecular flexibility index (Phi) is 4.08. The highest BCUT2D eigenvalue weighted by Crippen LogP contribution is 2.22. The molecule has 2 nitrogen and oxygen atoms in total. The number of rotatable bonds is 5. The first-order valence-electron chi connectivity index (χ1n) is 4.84. The fraction of sp³-hybridized carbons (Fsp3) is 0.900. The number of thioether (sulfide) groups is 1. The van der Waals surface area contributed by atoms with Crippen LogP contribution in [0.1, 0.15) is 20.3 Å². The third kappa shape index (κ3) is 4.02. The second-order valence-electron chi connectivity index (χ2n) is 4.34. The van der Waals surface area contributed by atoms with Crippen molar-refractivity contribution in [3.05, 3.63) is 0 Å². The molecular formula is C10H18N2S. The topological polar surface area (TPSA) is 35.8 Å². The molecule has 13 heavy (non-hydrogen) atoms. The van der Waals surface area contributed by atoms with Crippen LogP contribution in [0.5, 0.6) is 0 Å². The normalized spacial score (nSPS) is 17.9. The van der Waals surface area contributed by atoms with E-state index in [0.717, 1.165) is 18.1 Å². The number of nitrogens with zero attached hydrogens (tertiary/aromatic N) is 1. The highest BCUT2D eigenvalue weighted by Gasteiger charge is 2.18. The third-order valence-electron chi connectivity index (χ3n) is 2.39. The molecule has 1 rings (SSSR count). The first-order chi connectivity index (χ1) is 6.14. The summed E-state index contributed by atoms with van der Waals surface area (Å²) in [5.41, 5.74) is -0.134. The van der Waals surface area contributed by atoms with Gasteiger partial charge in [0.05, 0.1) is 11.5 Å². The summed E-state index contributed by atoms with van der Waals surface area (Å²) in [5.74, 6) is 3.26. The van der Waals surface area contributed by atoms with Gasteiger partial charge in [0.1, 0.15) is 0 Å². The van der Waals surface area contributed by atoms with Gasteiger partial charge in [0, 0.05) is 0 Å². The molecule has 1 heterocycles. The predicted molar refractivity (Wildman–Crippen MR) is 57.7 cm³/mol. The molecule has 0 aromatic heterocycles. The lowest BCUT2D eigenvalue weighted by Gasteiger charge is -2.26. The highest BCUT2D eigenvalue weighted by molar-refractivity contribution is 7.99. The monoisotopic (exact) mass is 198 g/mol. The van der Waals surface area contributed by atoms with Crippen molar-refractivity contribution >= 4 is 11.8 Å². The second-order valence-corrected chi connectivity index (χ2v) is 5.49. The van der Waals surface area contributed by atoms with Gasteiger partial charge in [-0.25, -0.2) is 0 Å².